The monoisotopic (exact) mass is 756 g/mol. The molecule has 15 nitrogen and oxygen atoms in total. The first-order chi connectivity index (χ1) is 25.9. The molecule has 0 radical (unpaired) electrons. The highest BCUT2D eigenvalue weighted by molar-refractivity contribution is 5.67. The summed E-state index contributed by atoms with van der Waals surface area (Å²) in [5.41, 5.74) is 8.17. The molecule has 4 rings (SSSR count). The van der Waals surface area contributed by atoms with Crippen molar-refractivity contribution >= 4 is 11.8 Å². The highest BCUT2D eigenvalue weighted by atomic mass is 16.5. The first-order valence-corrected chi connectivity index (χ1v) is 18.4. The smallest absolute Gasteiger partial charge is 0.303 e. The molecule has 0 spiro atoms. The SMILES string of the molecule is CCN[C@H](COc1cc([C@H]2O[C@@H](CCc3ccc(O)c(OCNC[C@H](C)O)c3)C[C@H](O)[C@@H]2CCO)cc(OC)c1O)[C@H](CC(=O)O)Cc1ccnc(N)c1. The zero-order valence-corrected chi connectivity index (χ0v) is 31.2. The number of carboxylic acids is 1. The van der Waals surface area contributed by atoms with Crippen molar-refractivity contribution in [1.82, 2.24) is 15.6 Å². The third kappa shape index (κ3) is 12.3. The maximum atomic E-state index is 11.9. The van der Waals surface area contributed by atoms with Gasteiger partial charge in [-0.15, -0.1) is 0 Å². The fourth-order valence-electron chi connectivity index (χ4n) is 6.91. The predicted octanol–water partition coefficient (Wildman–Crippen LogP) is 2.90. The third-order valence-corrected chi connectivity index (χ3v) is 9.58. The maximum Gasteiger partial charge on any atom is 0.303 e. The van der Waals surface area contributed by atoms with Crippen molar-refractivity contribution in [3.8, 4) is 28.7 Å². The number of aliphatic hydroxyl groups is 3. The van der Waals surface area contributed by atoms with E-state index in [9.17, 15) is 35.4 Å². The molecule has 0 unspecified atom stereocenters. The molecule has 1 aliphatic heterocycles. The molecule has 0 saturated carbocycles. The fourth-order valence-corrected chi connectivity index (χ4v) is 6.91. The Labute approximate surface area is 316 Å². The summed E-state index contributed by atoms with van der Waals surface area (Å²) >= 11 is 0. The van der Waals surface area contributed by atoms with Gasteiger partial charge < -0.3 is 60.6 Å². The zero-order chi connectivity index (χ0) is 39.2. The van der Waals surface area contributed by atoms with Crippen LogP contribution in [0, 0.1) is 11.8 Å². The highest BCUT2D eigenvalue weighted by Gasteiger charge is 2.39. The van der Waals surface area contributed by atoms with Crippen molar-refractivity contribution < 1.29 is 54.4 Å². The van der Waals surface area contributed by atoms with E-state index in [0.29, 0.717) is 55.9 Å². The van der Waals surface area contributed by atoms with E-state index in [2.05, 4.69) is 15.6 Å². The van der Waals surface area contributed by atoms with Gasteiger partial charge in [-0.25, -0.2) is 4.98 Å². The lowest BCUT2D eigenvalue weighted by atomic mass is 9.82. The van der Waals surface area contributed by atoms with Gasteiger partial charge in [-0.3, -0.25) is 10.1 Å². The summed E-state index contributed by atoms with van der Waals surface area (Å²) in [6.45, 7) is 4.39. The molecule has 1 fully saturated rings. The van der Waals surface area contributed by atoms with Crippen molar-refractivity contribution in [1.29, 1.82) is 0 Å². The molecule has 298 valence electrons. The number of hydrogen-bond acceptors (Lipinski definition) is 14. The van der Waals surface area contributed by atoms with E-state index >= 15 is 0 Å². The number of carbonyl (C=O) groups is 1. The van der Waals surface area contributed by atoms with Crippen LogP contribution in [-0.4, -0.2) is 106 Å². The van der Waals surface area contributed by atoms with Gasteiger partial charge in [0.2, 0.25) is 5.75 Å². The molecule has 7 atom stereocenters. The number of aryl methyl sites for hydroxylation is 1. The number of benzene rings is 2. The summed E-state index contributed by atoms with van der Waals surface area (Å²) in [5, 5.41) is 68.2. The summed E-state index contributed by atoms with van der Waals surface area (Å²) in [5.74, 6) is -1.24. The summed E-state index contributed by atoms with van der Waals surface area (Å²) in [6.07, 6.45) is 1.10. The number of aromatic hydroxyl groups is 2. The van der Waals surface area contributed by atoms with Gasteiger partial charge in [0.25, 0.3) is 0 Å². The highest BCUT2D eigenvalue weighted by Crippen LogP contribution is 2.45. The number of nitrogen functional groups attached to an aromatic ring is 1. The van der Waals surface area contributed by atoms with Crippen LogP contribution >= 0.6 is 0 Å². The minimum absolute atomic E-state index is 0.0122. The van der Waals surface area contributed by atoms with Gasteiger partial charge in [0.1, 0.15) is 19.2 Å². The number of rotatable bonds is 22. The van der Waals surface area contributed by atoms with Crippen molar-refractivity contribution in [2.75, 3.05) is 45.9 Å². The number of methoxy groups -OCH3 is 1. The summed E-state index contributed by atoms with van der Waals surface area (Å²) in [6, 6.07) is 11.4. The molecule has 1 aromatic heterocycles. The molecule has 1 aliphatic rings. The first kappa shape index (κ1) is 42.4. The van der Waals surface area contributed by atoms with Crippen LogP contribution in [-0.2, 0) is 22.4 Å². The Kier molecular flexibility index (Phi) is 16.4. The van der Waals surface area contributed by atoms with Crippen LogP contribution in [0.15, 0.2) is 48.7 Å². The molecule has 3 aromatic rings. The maximum absolute atomic E-state index is 11.9. The van der Waals surface area contributed by atoms with Gasteiger partial charge >= 0.3 is 5.97 Å². The Morgan fingerprint density at radius 2 is 1.85 bits per heavy atom. The minimum atomic E-state index is -0.964. The number of pyridine rings is 1. The summed E-state index contributed by atoms with van der Waals surface area (Å²) in [4.78, 5) is 16.0. The average molecular weight is 757 g/mol. The number of carboxylic acid groups (broad SMARTS) is 1. The van der Waals surface area contributed by atoms with Crippen LogP contribution in [0.5, 0.6) is 28.7 Å². The lowest BCUT2D eigenvalue weighted by molar-refractivity contribution is -0.144. The molecular weight excluding hydrogens is 700 g/mol. The number of ether oxygens (including phenoxy) is 4. The van der Waals surface area contributed by atoms with Crippen LogP contribution in [0.25, 0.3) is 0 Å². The topological polar surface area (TPSA) is 238 Å². The average Bonchev–Trinajstić information content (AvgIpc) is 3.13. The Morgan fingerprint density at radius 1 is 1.07 bits per heavy atom. The summed E-state index contributed by atoms with van der Waals surface area (Å²) in [7, 11) is 1.41. The molecule has 0 aliphatic carbocycles. The van der Waals surface area contributed by atoms with E-state index < -0.39 is 42.2 Å². The van der Waals surface area contributed by atoms with Crippen molar-refractivity contribution in [2.45, 2.75) is 82.8 Å². The Hall–Kier alpha value is -4.38. The number of aromatic nitrogens is 1. The normalized spacial score (nSPS) is 20.2. The number of aliphatic hydroxyl groups excluding tert-OH is 3. The molecule has 10 N–H and O–H groups in total. The quantitative estimate of drug-likeness (QED) is 0.0529. The van der Waals surface area contributed by atoms with E-state index in [0.717, 1.165) is 11.1 Å². The number of nitrogens with zero attached hydrogens (tertiary/aromatic N) is 1. The van der Waals surface area contributed by atoms with Gasteiger partial charge in [-0.2, -0.15) is 0 Å². The predicted molar refractivity (Wildman–Crippen MR) is 201 cm³/mol. The van der Waals surface area contributed by atoms with Crippen LogP contribution in [0.3, 0.4) is 0 Å². The number of hydrogen-bond donors (Lipinski definition) is 9. The number of nitrogens with two attached hydrogens (primary N) is 1. The number of anilines is 1. The lowest BCUT2D eigenvalue weighted by Crippen LogP contribution is -2.43. The first-order valence-electron chi connectivity index (χ1n) is 18.4. The number of phenolic OH excluding ortho intramolecular Hbond substituents is 2. The van der Waals surface area contributed by atoms with E-state index in [1.54, 1.807) is 55.6 Å². The van der Waals surface area contributed by atoms with Crippen LogP contribution in [0.1, 0.15) is 62.3 Å². The Morgan fingerprint density at radius 3 is 2.54 bits per heavy atom. The zero-order valence-electron chi connectivity index (χ0n) is 31.2. The number of aliphatic carboxylic acids is 1. The Balaban J connectivity index is 1.53. The van der Waals surface area contributed by atoms with Gasteiger partial charge in [0.05, 0.1) is 37.9 Å². The standard InChI is InChI=1S/C39H56N4O11/c1-4-42-30(26(18-37(48)49)13-25-9-11-43-36(40)15-25)21-52-35-17-27(16-34(51-3)38(35)50)39-29(10-12-44)32(47)19-28(54-39)7-5-24-6-8-31(46)33(14-24)53-22-41-20-23(2)45/h6,8-9,11,14-17,23,26,28-30,32,39,41-42,44-47,50H,4-5,7,10,12-13,18-22H2,1-3H3,(H2,40,43)(H,48,49)/t23-,26-,28-,29-,30+,32-,39+/m0/s1. The number of likely N-dealkylation sites (N-methyl/N-ethyl adjacent to an activating group) is 1. The largest absolute Gasteiger partial charge is 0.504 e. The molecule has 2 aromatic carbocycles. The van der Waals surface area contributed by atoms with E-state index in [1.165, 1.54) is 7.11 Å². The van der Waals surface area contributed by atoms with Crippen molar-refractivity contribution in [3.63, 3.8) is 0 Å². The van der Waals surface area contributed by atoms with Gasteiger partial charge in [-0.1, -0.05) is 13.0 Å². The van der Waals surface area contributed by atoms with Crippen LogP contribution in [0.4, 0.5) is 5.82 Å². The van der Waals surface area contributed by atoms with Crippen LogP contribution in [0.2, 0.25) is 0 Å². The molecule has 0 amide bonds. The van der Waals surface area contributed by atoms with E-state index in [4.69, 9.17) is 24.7 Å². The lowest BCUT2D eigenvalue weighted by Gasteiger charge is -2.40. The molecule has 15 heteroatoms. The molecule has 0 bridgehead atoms. The molecule has 2 heterocycles. The second-order valence-corrected chi connectivity index (χ2v) is 13.8. The second-order valence-electron chi connectivity index (χ2n) is 13.8. The molecule has 1 saturated heterocycles. The Bertz CT molecular complexity index is 1630. The third-order valence-electron chi connectivity index (χ3n) is 9.58. The van der Waals surface area contributed by atoms with Gasteiger partial charge in [0.15, 0.2) is 23.0 Å². The molecular formula is C39H56N4O11. The van der Waals surface area contributed by atoms with E-state index in [-0.39, 0.29) is 61.9 Å². The minimum Gasteiger partial charge on any atom is -0.504 e. The van der Waals surface area contributed by atoms with Gasteiger partial charge in [0, 0.05) is 31.3 Å². The second kappa shape index (κ2) is 20.9. The van der Waals surface area contributed by atoms with Crippen LogP contribution < -0.4 is 30.6 Å². The van der Waals surface area contributed by atoms with Crippen molar-refractivity contribution in [3.05, 3.63) is 65.4 Å². The molecule has 54 heavy (non-hydrogen) atoms. The summed E-state index contributed by atoms with van der Waals surface area (Å²) < 4.78 is 24.0. The van der Waals surface area contributed by atoms with E-state index in [1.807, 2.05) is 6.92 Å². The number of phenols is 2. The van der Waals surface area contributed by atoms with Gasteiger partial charge in [-0.05, 0) is 105 Å². The van der Waals surface area contributed by atoms with Crippen molar-refractivity contribution in [2.24, 2.45) is 11.8 Å². The number of nitrogens with one attached hydrogen (secondary N) is 2. The fraction of sp³-hybridized carbons (Fsp3) is 0.538.